The number of hydrogen-bond donors (Lipinski definition) is 0. The summed E-state index contributed by atoms with van der Waals surface area (Å²) >= 11 is 19.4. The Morgan fingerprint density at radius 3 is 2.47 bits per heavy atom. The summed E-state index contributed by atoms with van der Waals surface area (Å²) in [4.78, 5) is 0. The topological polar surface area (TPSA) is 9.23 Å². The van der Waals surface area contributed by atoms with Crippen molar-refractivity contribution >= 4 is 55.1 Å². The van der Waals surface area contributed by atoms with Gasteiger partial charge in [-0.25, -0.2) is 0 Å². The molecule has 100 valence electrons. The highest BCUT2D eigenvalue weighted by Crippen LogP contribution is 2.38. The highest BCUT2D eigenvalue weighted by atomic mass is 79.9. The van der Waals surface area contributed by atoms with E-state index in [4.69, 9.17) is 27.9 Å². The van der Waals surface area contributed by atoms with Gasteiger partial charge in [0.1, 0.15) is 5.75 Å². The van der Waals surface area contributed by atoms with Crippen molar-refractivity contribution in [2.45, 2.75) is 5.38 Å². The van der Waals surface area contributed by atoms with E-state index in [1.165, 1.54) is 0 Å². The molecule has 1 unspecified atom stereocenters. The van der Waals surface area contributed by atoms with E-state index in [1.54, 1.807) is 7.11 Å². The molecule has 2 aromatic rings. The van der Waals surface area contributed by atoms with Gasteiger partial charge in [-0.2, -0.15) is 0 Å². The van der Waals surface area contributed by atoms with Crippen molar-refractivity contribution in [2.75, 3.05) is 7.11 Å². The number of benzene rings is 2. The van der Waals surface area contributed by atoms with Crippen molar-refractivity contribution in [3.63, 3.8) is 0 Å². The maximum Gasteiger partial charge on any atom is 0.123 e. The molecular formula is C14H10Br2Cl2O. The van der Waals surface area contributed by atoms with Crippen molar-refractivity contribution in [2.24, 2.45) is 0 Å². The molecule has 0 aliphatic heterocycles. The highest BCUT2D eigenvalue weighted by Gasteiger charge is 2.17. The van der Waals surface area contributed by atoms with Crippen LogP contribution in [-0.4, -0.2) is 7.11 Å². The van der Waals surface area contributed by atoms with Gasteiger partial charge in [0.2, 0.25) is 0 Å². The van der Waals surface area contributed by atoms with Gasteiger partial charge in [-0.05, 0) is 51.8 Å². The monoisotopic (exact) mass is 422 g/mol. The summed E-state index contributed by atoms with van der Waals surface area (Å²) in [5.41, 5.74) is 1.86. The second-order valence-corrected chi connectivity index (χ2v) is 6.54. The van der Waals surface area contributed by atoms with Gasteiger partial charge in [-0.1, -0.05) is 33.6 Å². The third-order valence-electron chi connectivity index (χ3n) is 2.70. The lowest BCUT2D eigenvalue weighted by Gasteiger charge is -2.15. The Bertz CT molecular complexity index is 602. The van der Waals surface area contributed by atoms with Crippen LogP contribution in [0.2, 0.25) is 5.02 Å². The molecule has 0 N–H and O–H groups in total. The maximum atomic E-state index is 6.55. The standard InChI is InChI=1S/C14H10Br2Cl2O/c1-19-13-5-3-9(15)7-10(13)14(18)8-2-4-12(17)11(16)6-8/h2-7,14H,1H3. The summed E-state index contributed by atoms with van der Waals surface area (Å²) in [6.45, 7) is 0. The molecule has 0 bridgehead atoms. The lowest BCUT2D eigenvalue weighted by atomic mass is 10.0. The predicted octanol–water partition coefficient (Wildman–Crippen LogP) is 6.20. The van der Waals surface area contributed by atoms with Crippen LogP contribution >= 0.6 is 55.1 Å². The Morgan fingerprint density at radius 1 is 1.11 bits per heavy atom. The van der Waals surface area contributed by atoms with Crippen LogP contribution in [0.25, 0.3) is 0 Å². The summed E-state index contributed by atoms with van der Waals surface area (Å²) in [6, 6.07) is 11.4. The van der Waals surface area contributed by atoms with E-state index >= 15 is 0 Å². The first-order chi connectivity index (χ1) is 9.02. The number of alkyl halides is 1. The summed E-state index contributed by atoms with van der Waals surface area (Å²) in [5, 5.41) is 0.356. The van der Waals surface area contributed by atoms with E-state index in [0.717, 1.165) is 25.8 Å². The summed E-state index contributed by atoms with van der Waals surface area (Å²) in [6.07, 6.45) is 0. The molecule has 0 aliphatic carbocycles. The third-order valence-corrected chi connectivity index (χ3v) is 4.90. The first-order valence-corrected chi connectivity index (χ1v) is 7.85. The second-order valence-electron chi connectivity index (χ2n) is 3.92. The van der Waals surface area contributed by atoms with Crippen LogP contribution < -0.4 is 4.74 Å². The van der Waals surface area contributed by atoms with E-state index < -0.39 is 0 Å². The first-order valence-electron chi connectivity index (χ1n) is 5.45. The minimum atomic E-state index is -0.305. The molecule has 0 spiro atoms. The fourth-order valence-electron chi connectivity index (χ4n) is 1.75. The average molecular weight is 425 g/mol. The van der Waals surface area contributed by atoms with Gasteiger partial charge in [0.25, 0.3) is 0 Å². The molecule has 2 rings (SSSR count). The van der Waals surface area contributed by atoms with Crippen LogP contribution in [0.4, 0.5) is 0 Å². The second kappa shape index (κ2) is 6.49. The zero-order chi connectivity index (χ0) is 14.0. The minimum absolute atomic E-state index is 0.305. The normalized spacial score (nSPS) is 12.3. The number of rotatable bonds is 3. The molecule has 19 heavy (non-hydrogen) atoms. The fourth-order valence-corrected chi connectivity index (χ4v) is 2.95. The van der Waals surface area contributed by atoms with Crippen LogP contribution in [0.15, 0.2) is 45.3 Å². The van der Waals surface area contributed by atoms with E-state index in [1.807, 2.05) is 36.4 Å². The lowest BCUT2D eigenvalue weighted by molar-refractivity contribution is 0.410. The Hall–Kier alpha value is -0.220. The van der Waals surface area contributed by atoms with Crippen LogP contribution in [0.1, 0.15) is 16.5 Å². The molecule has 1 atom stereocenters. The van der Waals surface area contributed by atoms with Gasteiger partial charge < -0.3 is 4.74 Å². The average Bonchev–Trinajstić information content (AvgIpc) is 2.41. The van der Waals surface area contributed by atoms with Crippen molar-refractivity contribution in [3.05, 3.63) is 61.5 Å². The van der Waals surface area contributed by atoms with Gasteiger partial charge in [-0.15, -0.1) is 11.6 Å². The van der Waals surface area contributed by atoms with Crippen LogP contribution in [0.3, 0.4) is 0 Å². The molecule has 5 heteroatoms. The molecule has 0 radical (unpaired) electrons. The van der Waals surface area contributed by atoms with Gasteiger partial charge in [-0.3, -0.25) is 0 Å². The molecule has 0 aromatic heterocycles. The van der Waals surface area contributed by atoms with E-state index in [0.29, 0.717) is 5.02 Å². The number of methoxy groups -OCH3 is 1. The molecule has 0 saturated heterocycles. The highest BCUT2D eigenvalue weighted by molar-refractivity contribution is 9.10. The molecule has 0 heterocycles. The van der Waals surface area contributed by atoms with Crippen LogP contribution in [0, 0.1) is 0 Å². The quantitative estimate of drug-likeness (QED) is 0.533. The Morgan fingerprint density at radius 2 is 1.84 bits per heavy atom. The SMILES string of the molecule is COc1ccc(Br)cc1C(Cl)c1ccc(Cl)c(Br)c1. The lowest BCUT2D eigenvalue weighted by Crippen LogP contribution is -1.97. The van der Waals surface area contributed by atoms with Crippen LogP contribution in [0.5, 0.6) is 5.75 Å². The number of ether oxygens (including phenoxy) is 1. The smallest absolute Gasteiger partial charge is 0.123 e. The van der Waals surface area contributed by atoms with Crippen LogP contribution in [-0.2, 0) is 0 Å². The summed E-state index contributed by atoms with van der Waals surface area (Å²) in [7, 11) is 1.63. The van der Waals surface area contributed by atoms with Crippen molar-refractivity contribution in [1.82, 2.24) is 0 Å². The van der Waals surface area contributed by atoms with Gasteiger partial charge in [0, 0.05) is 14.5 Å². The molecular weight excluding hydrogens is 415 g/mol. The Kier molecular flexibility index (Phi) is 5.18. The zero-order valence-corrected chi connectivity index (χ0v) is 14.6. The maximum absolute atomic E-state index is 6.55. The summed E-state index contributed by atoms with van der Waals surface area (Å²) < 4.78 is 7.14. The largest absolute Gasteiger partial charge is 0.496 e. The van der Waals surface area contributed by atoms with Gasteiger partial charge in [0.05, 0.1) is 17.5 Å². The molecule has 1 nitrogen and oxygen atoms in total. The predicted molar refractivity (Wildman–Crippen MR) is 87.5 cm³/mol. The third kappa shape index (κ3) is 3.46. The molecule has 0 amide bonds. The molecule has 2 aromatic carbocycles. The van der Waals surface area contributed by atoms with E-state index in [2.05, 4.69) is 31.9 Å². The number of hydrogen-bond acceptors (Lipinski definition) is 1. The van der Waals surface area contributed by atoms with Gasteiger partial charge >= 0.3 is 0 Å². The Balaban J connectivity index is 2.45. The van der Waals surface area contributed by atoms with E-state index in [-0.39, 0.29) is 5.38 Å². The van der Waals surface area contributed by atoms with E-state index in [9.17, 15) is 0 Å². The fraction of sp³-hybridized carbons (Fsp3) is 0.143. The van der Waals surface area contributed by atoms with Crippen molar-refractivity contribution in [1.29, 1.82) is 0 Å². The Labute approximate surface area is 139 Å². The minimum Gasteiger partial charge on any atom is -0.496 e. The first kappa shape index (κ1) is 15.2. The summed E-state index contributed by atoms with van der Waals surface area (Å²) in [5.74, 6) is 0.759. The molecule has 0 aliphatic rings. The van der Waals surface area contributed by atoms with Gasteiger partial charge in [0.15, 0.2) is 0 Å². The number of halogens is 4. The van der Waals surface area contributed by atoms with Crippen molar-refractivity contribution in [3.8, 4) is 5.75 Å². The molecule has 0 fully saturated rings. The zero-order valence-electron chi connectivity index (χ0n) is 9.96. The molecule has 0 saturated carbocycles. The van der Waals surface area contributed by atoms with Crippen molar-refractivity contribution < 1.29 is 4.74 Å².